The molecule has 0 radical (unpaired) electrons. The molecule has 4 aromatic rings. The van der Waals surface area contributed by atoms with Gasteiger partial charge in [0, 0.05) is 24.1 Å². The third-order valence-electron chi connectivity index (χ3n) is 4.63. The second-order valence-electron chi connectivity index (χ2n) is 6.87. The van der Waals surface area contributed by atoms with Crippen molar-refractivity contribution >= 4 is 11.6 Å². The van der Waals surface area contributed by atoms with Gasteiger partial charge in [-0.1, -0.05) is 29.0 Å². The molecule has 0 aliphatic rings. The highest BCUT2D eigenvalue weighted by atomic mass is 16.5. The molecule has 2 heterocycles. The van der Waals surface area contributed by atoms with Crippen LogP contribution in [0.2, 0.25) is 0 Å². The molecule has 1 amide bonds. The number of nitrogens with one attached hydrogen (secondary N) is 1. The van der Waals surface area contributed by atoms with Crippen LogP contribution >= 0.6 is 0 Å². The van der Waals surface area contributed by atoms with Crippen LogP contribution in [0.15, 0.2) is 67.0 Å². The number of ether oxygens (including phenoxy) is 1. The lowest BCUT2D eigenvalue weighted by Crippen LogP contribution is -2.14. The van der Waals surface area contributed by atoms with Gasteiger partial charge in [0.05, 0.1) is 17.9 Å². The summed E-state index contributed by atoms with van der Waals surface area (Å²) in [6.45, 7) is 4.96. The summed E-state index contributed by atoms with van der Waals surface area (Å²) in [6.07, 6.45) is 3.61. The maximum Gasteiger partial charge on any atom is 0.278 e. The normalized spacial score (nSPS) is 10.7. The fourth-order valence-electron chi connectivity index (χ4n) is 3.01. The minimum atomic E-state index is -0.320. The molecule has 0 unspecified atom stereocenters. The van der Waals surface area contributed by atoms with Crippen molar-refractivity contribution in [3.8, 4) is 11.4 Å². The van der Waals surface area contributed by atoms with Gasteiger partial charge in [0.25, 0.3) is 5.91 Å². The Hall–Kier alpha value is -3.94. The largest absolute Gasteiger partial charge is 0.492 e. The van der Waals surface area contributed by atoms with Crippen molar-refractivity contribution in [1.82, 2.24) is 24.8 Å². The Balaban J connectivity index is 1.42. The van der Waals surface area contributed by atoms with E-state index in [4.69, 9.17) is 4.74 Å². The Morgan fingerprint density at radius 2 is 1.93 bits per heavy atom. The van der Waals surface area contributed by atoms with Gasteiger partial charge < -0.3 is 10.1 Å². The van der Waals surface area contributed by atoms with E-state index in [1.54, 1.807) is 27.7 Å². The molecule has 152 valence electrons. The Morgan fingerprint density at radius 3 is 2.70 bits per heavy atom. The highest BCUT2D eigenvalue weighted by molar-refractivity contribution is 6.03. The minimum Gasteiger partial charge on any atom is -0.492 e. The molecule has 8 nitrogen and oxygen atoms in total. The number of aromatic nitrogens is 5. The zero-order valence-electron chi connectivity index (χ0n) is 16.8. The van der Waals surface area contributed by atoms with Gasteiger partial charge >= 0.3 is 0 Å². The molecular formula is C22H22N6O2. The first-order valence-electron chi connectivity index (χ1n) is 9.61. The third-order valence-corrected chi connectivity index (χ3v) is 4.63. The first-order valence-corrected chi connectivity index (χ1v) is 9.61. The Kier molecular flexibility index (Phi) is 5.56. The van der Waals surface area contributed by atoms with Crippen LogP contribution in [0.1, 0.15) is 21.7 Å². The summed E-state index contributed by atoms with van der Waals surface area (Å²) >= 11 is 0. The highest BCUT2D eigenvalue weighted by Crippen LogP contribution is 2.19. The highest BCUT2D eigenvalue weighted by Gasteiger charge is 2.17. The molecule has 0 saturated heterocycles. The van der Waals surface area contributed by atoms with E-state index in [2.05, 4.69) is 20.7 Å². The smallest absolute Gasteiger partial charge is 0.278 e. The Morgan fingerprint density at radius 1 is 1.10 bits per heavy atom. The number of carbonyl (C=O) groups excluding carboxylic acids is 1. The lowest BCUT2D eigenvalue weighted by Gasteiger charge is -2.09. The first kappa shape index (κ1) is 19.4. The summed E-state index contributed by atoms with van der Waals surface area (Å²) < 4.78 is 9.21. The zero-order valence-corrected chi connectivity index (χ0v) is 16.8. The molecule has 0 fully saturated rings. The Bertz CT molecular complexity index is 1130. The molecule has 0 aliphatic heterocycles. The number of hydrogen-bond acceptors (Lipinski definition) is 5. The van der Waals surface area contributed by atoms with Gasteiger partial charge in [-0.15, -0.1) is 5.10 Å². The van der Waals surface area contributed by atoms with E-state index in [1.807, 2.05) is 62.5 Å². The van der Waals surface area contributed by atoms with Crippen LogP contribution in [-0.4, -0.2) is 37.3 Å². The number of carbonyl (C=O) groups is 1. The van der Waals surface area contributed by atoms with Gasteiger partial charge in [-0.2, -0.15) is 5.10 Å². The van der Waals surface area contributed by atoms with Crippen molar-refractivity contribution in [1.29, 1.82) is 0 Å². The van der Waals surface area contributed by atoms with E-state index < -0.39 is 0 Å². The van der Waals surface area contributed by atoms with Gasteiger partial charge in [-0.25, -0.2) is 4.68 Å². The van der Waals surface area contributed by atoms with Crippen LogP contribution in [0.5, 0.6) is 5.75 Å². The number of hydrogen-bond donors (Lipinski definition) is 1. The van der Waals surface area contributed by atoms with E-state index in [0.29, 0.717) is 30.3 Å². The van der Waals surface area contributed by atoms with Crippen LogP contribution in [-0.2, 0) is 6.54 Å². The summed E-state index contributed by atoms with van der Waals surface area (Å²) in [5.41, 5.74) is 3.59. The molecule has 0 atom stereocenters. The molecule has 1 N–H and O–H groups in total. The van der Waals surface area contributed by atoms with E-state index in [9.17, 15) is 4.79 Å². The molecular weight excluding hydrogens is 380 g/mol. The number of nitrogens with zero attached hydrogens (tertiary/aromatic N) is 5. The van der Waals surface area contributed by atoms with E-state index in [0.717, 1.165) is 11.3 Å². The molecule has 30 heavy (non-hydrogen) atoms. The van der Waals surface area contributed by atoms with Crippen molar-refractivity contribution in [2.24, 2.45) is 0 Å². The molecule has 2 aromatic heterocycles. The van der Waals surface area contributed by atoms with Crippen molar-refractivity contribution in [2.75, 3.05) is 11.9 Å². The second-order valence-corrected chi connectivity index (χ2v) is 6.87. The van der Waals surface area contributed by atoms with Crippen LogP contribution in [0, 0.1) is 13.8 Å². The van der Waals surface area contributed by atoms with Crippen LogP contribution in [0.3, 0.4) is 0 Å². The molecule has 8 heteroatoms. The summed E-state index contributed by atoms with van der Waals surface area (Å²) in [7, 11) is 0. The van der Waals surface area contributed by atoms with Gasteiger partial charge in [0.15, 0.2) is 5.69 Å². The maximum atomic E-state index is 12.7. The van der Waals surface area contributed by atoms with Gasteiger partial charge in [-0.3, -0.25) is 9.48 Å². The van der Waals surface area contributed by atoms with Crippen LogP contribution in [0.4, 0.5) is 5.69 Å². The van der Waals surface area contributed by atoms with E-state index >= 15 is 0 Å². The average molecular weight is 402 g/mol. The molecule has 2 aromatic carbocycles. The molecule has 0 aliphatic carbocycles. The SMILES string of the molecule is Cc1ccc(-n2nnc(C(=O)Nc3cccc(OCCn4cccn4)c3)c2C)cc1. The standard InChI is InChI=1S/C22H22N6O2/c1-16-7-9-19(10-8-16)28-17(2)21(25-26-28)22(29)24-18-5-3-6-20(15-18)30-14-13-27-12-4-11-23-27/h3-12,15H,13-14H2,1-2H3,(H,24,29). The van der Waals surface area contributed by atoms with Crippen LogP contribution < -0.4 is 10.1 Å². The predicted octanol–water partition coefficient (Wildman–Crippen LogP) is 3.41. The molecule has 0 saturated carbocycles. The van der Waals surface area contributed by atoms with Crippen molar-refractivity contribution in [3.05, 3.63) is 83.9 Å². The number of aryl methyl sites for hydroxylation is 1. The average Bonchev–Trinajstić information content (AvgIpc) is 3.39. The fraction of sp³-hybridized carbons (Fsp3) is 0.182. The monoisotopic (exact) mass is 402 g/mol. The summed E-state index contributed by atoms with van der Waals surface area (Å²) in [5, 5.41) is 15.2. The molecule has 4 rings (SSSR count). The maximum absolute atomic E-state index is 12.7. The van der Waals surface area contributed by atoms with Crippen LogP contribution in [0.25, 0.3) is 5.69 Å². The number of amides is 1. The van der Waals surface area contributed by atoms with Gasteiger partial charge in [-0.05, 0) is 44.2 Å². The lowest BCUT2D eigenvalue weighted by atomic mass is 10.2. The zero-order chi connectivity index (χ0) is 20.9. The van der Waals surface area contributed by atoms with Crippen molar-refractivity contribution in [2.45, 2.75) is 20.4 Å². The predicted molar refractivity (Wildman–Crippen MR) is 113 cm³/mol. The van der Waals surface area contributed by atoms with E-state index in [1.165, 1.54) is 0 Å². The fourth-order valence-corrected chi connectivity index (χ4v) is 3.01. The molecule has 0 bridgehead atoms. The minimum absolute atomic E-state index is 0.278. The number of benzene rings is 2. The topological polar surface area (TPSA) is 86.9 Å². The molecule has 0 spiro atoms. The third kappa shape index (κ3) is 4.38. The summed E-state index contributed by atoms with van der Waals surface area (Å²) in [5.74, 6) is 0.347. The van der Waals surface area contributed by atoms with E-state index in [-0.39, 0.29) is 11.6 Å². The van der Waals surface area contributed by atoms with Crippen molar-refractivity contribution in [3.63, 3.8) is 0 Å². The van der Waals surface area contributed by atoms with Gasteiger partial charge in [0.2, 0.25) is 0 Å². The summed E-state index contributed by atoms with van der Waals surface area (Å²) in [6, 6.07) is 17.0. The lowest BCUT2D eigenvalue weighted by molar-refractivity contribution is 0.102. The number of anilines is 1. The van der Waals surface area contributed by atoms with Gasteiger partial charge in [0.1, 0.15) is 12.4 Å². The first-order chi connectivity index (χ1) is 14.6. The van der Waals surface area contributed by atoms with Crippen molar-refractivity contribution < 1.29 is 9.53 Å². The summed E-state index contributed by atoms with van der Waals surface area (Å²) in [4.78, 5) is 12.7. The second kappa shape index (κ2) is 8.60. The number of rotatable bonds is 7. The quantitative estimate of drug-likeness (QED) is 0.512. The Labute approximate surface area is 174 Å².